The highest BCUT2D eigenvalue weighted by Crippen LogP contribution is 2.30. The van der Waals surface area contributed by atoms with Crippen LogP contribution in [0.15, 0.2) is 10.8 Å². The molecule has 0 radical (unpaired) electrons. The Bertz CT molecular complexity index is 396. The van der Waals surface area contributed by atoms with Crippen LogP contribution in [-0.4, -0.2) is 27.2 Å². The van der Waals surface area contributed by atoms with E-state index in [1.165, 1.54) is 12.7 Å². The summed E-state index contributed by atoms with van der Waals surface area (Å²) in [5, 5.41) is 13.8. The SMILES string of the molecule is OC1(CNc2ncnc(Cl)c2Br)CCCCC1. The van der Waals surface area contributed by atoms with Crippen molar-refractivity contribution < 1.29 is 5.11 Å². The van der Waals surface area contributed by atoms with Crippen LogP contribution in [0.25, 0.3) is 0 Å². The van der Waals surface area contributed by atoms with Crippen molar-refractivity contribution in [2.75, 3.05) is 11.9 Å². The molecule has 0 unspecified atom stereocenters. The predicted molar refractivity (Wildman–Crippen MR) is 71.3 cm³/mol. The molecule has 0 aliphatic heterocycles. The van der Waals surface area contributed by atoms with Crippen LogP contribution in [0.1, 0.15) is 32.1 Å². The molecule has 4 nitrogen and oxygen atoms in total. The molecule has 2 rings (SSSR count). The number of halogens is 2. The molecular formula is C11H15BrClN3O. The van der Waals surface area contributed by atoms with Crippen LogP contribution in [0.4, 0.5) is 5.82 Å². The fourth-order valence-electron chi connectivity index (χ4n) is 2.11. The zero-order valence-electron chi connectivity index (χ0n) is 9.42. The number of aromatic nitrogens is 2. The Labute approximate surface area is 114 Å². The van der Waals surface area contributed by atoms with Gasteiger partial charge in [0.2, 0.25) is 0 Å². The van der Waals surface area contributed by atoms with Crippen LogP contribution in [0.5, 0.6) is 0 Å². The van der Waals surface area contributed by atoms with Crippen molar-refractivity contribution in [3.8, 4) is 0 Å². The lowest BCUT2D eigenvalue weighted by Gasteiger charge is -2.32. The number of rotatable bonds is 3. The summed E-state index contributed by atoms with van der Waals surface area (Å²) in [6, 6.07) is 0. The van der Waals surface area contributed by atoms with Crippen LogP contribution >= 0.6 is 27.5 Å². The van der Waals surface area contributed by atoms with Crippen molar-refractivity contribution in [2.45, 2.75) is 37.7 Å². The van der Waals surface area contributed by atoms with Gasteiger partial charge in [-0.1, -0.05) is 30.9 Å². The number of nitrogens with zero attached hydrogens (tertiary/aromatic N) is 2. The highest BCUT2D eigenvalue weighted by atomic mass is 79.9. The number of nitrogens with one attached hydrogen (secondary N) is 1. The van der Waals surface area contributed by atoms with Gasteiger partial charge in [0.15, 0.2) is 0 Å². The molecule has 2 N–H and O–H groups in total. The Hall–Kier alpha value is -0.390. The summed E-state index contributed by atoms with van der Waals surface area (Å²) in [5.41, 5.74) is -0.616. The van der Waals surface area contributed by atoms with Gasteiger partial charge in [-0.05, 0) is 28.8 Å². The molecule has 1 aromatic heterocycles. The Balaban J connectivity index is 1.99. The normalized spacial score (nSPS) is 19.0. The molecule has 17 heavy (non-hydrogen) atoms. The zero-order valence-corrected chi connectivity index (χ0v) is 11.8. The van der Waals surface area contributed by atoms with E-state index in [2.05, 4.69) is 31.2 Å². The highest BCUT2D eigenvalue weighted by molar-refractivity contribution is 9.10. The molecule has 1 fully saturated rings. The molecule has 1 heterocycles. The van der Waals surface area contributed by atoms with Gasteiger partial charge in [0.1, 0.15) is 17.3 Å². The Kier molecular flexibility index (Phi) is 4.22. The van der Waals surface area contributed by atoms with Crippen LogP contribution in [0, 0.1) is 0 Å². The third-order valence-corrected chi connectivity index (χ3v) is 4.38. The van der Waals surface area contributed by atoms with Gasteiger partial charge in [0.25, 0.3) is 0 Å². The summed E-state index contributed by atoms with van der Waals surface area (Å²) >= 11 is 9.19. The van der Waals surface area contributed by atoms with Gasteiger partial charge in [-0.3, -0.25) is 0 Å². The molecule has 1 aliphatic carbocycles. The van der Waals surface area contributed by atoms with E-state index < -0.39 is 5.60 Å². The molecule has 0 bridgehead atoms. The first-order valence-corrected chi connectivity index (χ1v) is 6.90. The van der Waals surface area contributed by atoms with E-state index in [-0.39, 0.29) is 0 Å². The molecule has 0 spiro atoms. The third-order valence-electron chi connectivity index (χ3n) is 3.12. The Morgan fingerprint density at radius 3 is 2.76 bits per heavy atom. The van der Waals surface area contributed by atoms with Gasteiger partial charge >= 0.3 is 0 Å². The first-order chi connectivity index (χ1) is 8.11. The summed E-state index contributed by atoms with van der Waals surface area (Å²) < 4.78 is 0.640. The smallest absolute Gasteiger partial charge is 0.148 e. The van der Waals surface area contributed by atoms with Crippen LogP contribution in [0.2, 0.25) is 5.15 Å². The summed E-state index contributed by atoms with van der Waals surface area (Å²) in [4.78, 5) is 7.95. The van der Waals surface area contributed by atoms with E-state index >= 15 is 0 Å². The molecule has 6 heteroatoms. The lowest BCUT2D eigenvalue weighted by molar-refractivity contribution is 0.0166. The van der Waals surface area contributed by atoms with Gasteiger partial charge in [0, 0.05) is 6.54 Å². The largest absolute Gasteiger partial charge is 0.388 e. The van der Waals surface area contributed by atoms with E-state index in [9.17, 15) is 5.11 Å². The quantitative estimate of drug-likeness (QED) is 0.841. The van der Waals surface area contributed by atoms with Gasteiger partial charge in [-0.25, -0.2) is 9.97 Å². The van der Waals surface area contributed by atoms with Crippen molar-refractivity contribution in [3.05, 3.63) is 16.0 Å². The fourth-order valence-corrected chi connectivity index (χ4v) is 2.58. The minimum atomic E-state index is -0.616. The van der Waals surface area contributed by atoms with Crippen molar-refractivity contribution in [1.82, 2.24) is 9.97 Å². The lowest BCUT2D eigenvalue weighted by Crippen LogP contribution is -2.39. The van der Waals surface area contributed by atoms with E-state index in [0.717, 1.165) is 25.7 Å². The van der Waals surface area contributed by atoms with Crippen LogP contribution in [-0.2, 0) is 0 Å². The molecule has 1 aliphatic rings. The topological polar surface area (TPSA) is 58.0 Å². The van der Waals surface area contributed by atoms with Gasteiger partial charge in [-0.2, -0.15) is 0 Å². The lowest BCUT2D eigenvalue weighted by atomic mass is 9.85. The molecule has 94 valence electrons. The number of hydrogen-bond donors (Lipinski definition) is 2. The standard InChI is InChI=1S/C11H15BrClN3O/c12-8-9(13)15-7-16-10(8)14-6-11(17)4-2-1-3-5-11/h7,17H,1-6H2,(H,14,15,16). The fraction of sp³-hybridized carbons (Fsp3) is 0.636. The summed E-state index contributed by atoms with van der Waals surface area (Å²) in [7, 11) is 0. The maximum atomic E-state index is 10.3. The summed E-state index contributed by atoms with van der Waals surface area (Å²) in [5.74, 6) is 0.629. The maximum absolute atomic E-state index is 10.3. The Morgan fingerprint density at radius 1 is 1.35 bits per heavy atom. The van der Waals surface area contributed by atoms with Crippen molar-refractivity contribution in [1.29, 1.82) is 0 Å². The third kappa shape index (κ3) is 3.30. The summed E-state index contributed by atoms with van der Waals surface area (Å²) in [6.07, 6.45) is 6.48. The first-order valence-electron chi connectivity index (χ1n) is 5.73. The molecular weight excluding hydrogens is 305 g/mol. The van der Waals surface area contributed by atoms with E-state index in [0.29, 0.717) is 22.0 Å². The van der Waals surface area contributed by atoms with Gasteiger partial charge < -0.3 is 10.4 Å². The molecule has 0 saturated heterocycles. The first kappa shape index (κ1) is 13.1. The highest BCUT2D eigenvalue weighted by Gasteiger charge is 2.29. The Morgan fingerprint density at radius 2 is 2.06 bits per heavy atom. The second-order valence-electron chi connectivity index (χ2n) is 4.47. The maximum Gasteiger partial charge on any atom is 0.148 e. The van der Waals surface area contributed by atoms with Crippen molar-refractivity contribution >= 4 is 33.3 Å². The average molecular weight is 321 g/mol. The van der Waals surface area contributed by atoms with E-state index in [1.807, 2.05) is 0 Å². The molecule has 1 aromatic rings. The van der Waals surface area contributed by atoms with Crippen molar-refractivity contribution in [2.24, 2.45) is 0 Å². The van der Waals surface area contributed by atoms with E-state index in [1.54, 1.807) is 0 Å². The second kappa shape index (κ2) is 5.50. The second-order valence-corrected chi connectivity index (χ2v) is 5.62. The molecule has 1 saturated carbocycles. The van der Waals surface area contributed by atoms with Gasteiger partial charge in [-0.15, -0.1) is 0 Å². The van der Waals surface area contributed by atoms with Gasteiger partial charge in [0.05, 0.1) is 10.1 Å². The van der Waals surface area contributed by atoms with Crippen molar-refractivity contribution in [3.63, 3.8) is 0 Å². The monoisotopic (exact) mass is 319 g/mol. The molecule has 0 atom stereocenters. The van der Waals surface area contributed by atoms with Crippen LogP contribution in [0.3, 0.4) is 0 Å². The minimum Gasteiger partial charge on any atom is -0.388 e. The number of anilines is 1. The predicted octanol–water partition coefficient (Wildman–Crippen LogP) is 3.00. The molecule has 0 amide bonds. The number of hydrogen-bond acceptors (Lipinski definition) is 4. The number of aliphatic hydroxyl groups is 1. The average Bonchev–Trinajstić information content (AvgIpc) is 2.32. The summed E-state index contributed by atoms with van der Waals surface area (Å²) in [6.45, 7) is 0.499. The molecule has 0 aromatic carbocycles. The zero-order chi connectivity index (χ0) is 12.3. The van der Waals surface area contributed by atoms with Crippen LogP contribution < -0.4 is 5.32 Å². The minimum absolute atomic E-state index is 0.373. The van der Waals surface area contributed by atoms with E-state index in [4.69, 9.17) is 11.6 Å².